The first-order valence-electron chi connectivity index (χ1n) is 6.58. The van der Waals surface area contributed by atoms with E-state index < -0.39 is 10.0 Å². The van der Waals surface area contributed by atoms with Crippen molar-refractivity contribution in [3.8, 4) is 0 Å². The second-order valence-corrected chi connectivity index (χ2v) is 7.39. The minimum Gasteiger partial charge on any atom is -0.446 e. The molecule has 2 heterocycles. The van der Waals surface area contributed by atoms with Gasteiger partial charge in [0.05, 0.1) is 6.54 Å². The largest absolute Gasteiger partial charge is 0.446 e. The Morgan fingerprint density at radius 1 is 1.33 bits per heavy atom. The van der Waals surface area contributed by atoms with E-state index in [-0.39, 0.29) is 10.2 Å². The molecule has 0 amide bonds. The summed E-state index contributed by atoms with van der Waals surface area (Å²) in [5.74, 6) is 0.565. The number of rotatable bonds is 7. The Balaban J connectivity index is 2.08. The molecular formula is C12H18N4O3S2. The van der Waals surface area contributed by atoms with Crippen LogP contribution in [0.25, 0.3) is 0 Å². The molecule has 2 N–H and O–H groups in total. The molecule has 21 heavy (non-hydrogen) atoms. The lowest BCUT2D eigenvalue weighted by Crippen LogP contribution is -2.21. The summed E-state index contributed by atoms with van der Waals surface area (Å²) < 4.78 is 32.0. The molecule has 0 aliphatic rings. The van der Waals surface area contributed by atoms with Crippen LogP contribution in [-0.4, -0.2) is 24.7 Å². The van der Waals surface area contributed by atoms with Gasteiger partial charge in [-0.25, -0.2) is 0 Å². The number of anilines is 1. The van der Waals surface area contributed by atoms with Crippen LogP contribution in [0.15, 0.2) is 21.6 Å². The smallest absolute Gasteiger partial charge is 0.297 e. The summed E-state index contributed by atoms with van der Waals surface area (Å²) >= 11 is 1.21. The quantitative estimate of drug-likeness (QED) is 0.806. The van der Waals surface area contributed by atoms with Gasteiger partial charge in [-0.15, -0.1) is 10.2 Å². The monoisotopic (exact) mass is 330 g/mol. The van der Waals surface area contributed by atoms with Crippen LogP contribution in [0.1, 0.15) is 31.5 Å². The fraction of sp³-hybridized carbons (Fsp3) is 0.500. The van der Waals surface area contributed by atoms with E-state index >= 15 is 0 Å². The van der Waals surface area contributed by atoms with Crippen LogP contribution in [0.4, 0.5) is 5.13 Å². The fourth-order valence-corrected chi connectivity index (χ4v) is 3.37. The van der Waals surface area contributed by atoms with E-state index in [1.807, 2.05) is 20.8 Å². The van der Waals surface area contributed by atoms with Gasteiger partial charge < -0.3 is 9.73 Å². The van der Waals surface area contributed by atoms with Crippen molar-refractivity contribution in [3.63, 3.8) is 0 Å². The van der Waals surface area contributed by atoms with Crippen molar-refractivity contribution in [1.29, 1.82) is 0 Å². The highest BCUT2D eigenvalue weighted by atomic mass is 32.2. The highest BCUT2D eigenvalue weighted by molar-refractivity contribution is 7.92. The predicted octanol–water partition coefficient (Wildman–Crippen LogP) is 1.99. The summed E-state index contributed by atoms with van der Waals surface area (Å²) in [6.45, 7) is 6.41. The molecule has 0 saturated carbocycles. The molecule has 0 atom stereocenters. The van der Waals surface area contributed by atoms with Crippen molar-refractivity contribution in [2.45, 2.75) is 44.9 Å². The second-order valence-electron chi connectivity index (χ2n) is 4.72. The Morgan fingerprint density at radius 3 is 2.71 bits per heavy atom. The van der Waals surface area contributed by atoms with Gasteiger partial charge in [0.15, 0.2) is 0 Å². The second kappa shape index (κ2) is 6.54. The average Bonchev–Trinajstić information content (AvgIpc) is 3.04. The maximum atomic E-state index is 12.2. The van der Waals surface area contributed by atoms with Crippen LogP contribution in [0.2, 0.25) is 0 Å². The third-order valence-corrected chi connectivity index (χ3v) is 4.90. The first kappa shape index (κ1) is 15.9. The maximum Gasteiger partial charge on any atom is 0.297 e. The van der Waals surface area contributed by atoms with Gasteiger partial charge in [-0.1, -0.05) is 32.1 Å². The fourth-order valence-electron chi connectivity index (χ4n) is 1.51. The molecule has 2 aromatic heterocycles. The molecule has 0 unspecified atom stereocenters. The van der Waals surface area contributed by atoms with Crippen molar-refractivity contribution in [2.24, 2.45) is 0 Å². The van der Waals surface area contributed by atoms with Crippen LogP contribution >= 0.6 is 11.3 Å². The standard InChI is InChI=1S/C12H18N4O3S2/c1-4-10-14-15-12(20-10)16-21(17,18)11-6-5-9(19-11)7-13-8(2)3/h5-6,8,13H,4,7H2,1-3H3,(H,15,16). The van der Waals surface area contributed by atoms with E-state index in [9.17, 15) is 8.42 Å². The normalized spacial score (nSPS) is 12.0. The number of aromatic nitrogens is 2. The van der Waals surface area contributed by atoms with Gasteiger partial charge in [0.25, 0.3) is 10.0 Å². The first-order chi connectivity index (χ1) is 9.90. The van der Waals surface area contributed by atoms with Crippen LogP contribution in [-0.2, 0) is 23.0 Å². The van der Waals surface area contributed by atoms with E-state index in [0.29, 0.717) is 24.8 Å². The molecule has 0 aromatic carbocycles. The lowest BCUT2D eigenvalue weighted by Gasteiger charge is -2.05. The van der Waals surface area contributed by atoms with Gasteiger partial charge >= 0.3 is 0 Å². The maximum absolute atomic E-state index is 12.2. The number of hydrogen-bond acceptors (Lipinski definition) is 7. The van der Waals surface area contributed by atoms with Gasteiger partial charge in [-0.3, -0.25) is 4.72 Å². The first-order valence-corrected chi connectivity index (χ1v) is 8.88. The molecule has 0 aliphatic heterocycles. The van der Waals surface area contributed by atoms with Crippen LogP contribution in [0.5, 0.6) is 0 Å². The van der Waals surface area contributed by atoms with Crippen LogP contribution in [0, 0.1) is 0 Å². The van der Waals surface area contributed by atoms with Crippen molar-refractivity contribution in [2.75, 3.05) is 4.72 Å². The number of hydrogen-bond donors (Lipinski definition) is 2. The third-order valence-electron chi connectivity index (χ3n) is 2.58. The minimum absolute atomic E-state index is 0.128. The Bertz CT molecular complexity index is 691. The van der Waals surface area contributed by atoms with E-state index in [1.54, 1.807) is 6.07 Å². The van der Waals surface area contributed by atoms with Gasteiger partial charge in [-0.2, -0.15) is 8.42 Å². The zero-order chi connectivity index (χ0) is 15.5. The summed E-state index contributed by atoms with van der Waals surface area (Å²) in [6.07, 6.45) is 0.713. The van der Waals surface area contributed by atoms with Gasteiger partial charge in [-0.05, 0) is 18.6 Å². The molecule has 2 aromatic rings. The molecule has 7 nitrogen and oxygen atoms in total. The third kappa shape index (κ3) is 4.26. The minimum atomic E-state index is -3.76. The number of sulfonamides is 1. The Morgan fingerprint density at radius 2 is 2.10 bits per heavy atom. The topological polar surface area (TPSA) is 97.1 Å². The van der Waals surface area contributed by atoms with Gasteiger partial charge in [0.2, 0.25) is 10.2 Å². The predicted molar refractivity (Wildman–Crippen MR) is 80.8 cm³/mol. The molecule has 0 saturated heterocycles. The molecule has 0 bridgehead atoms. The molecule has 0 spiro atoms. The molecule has 116 valence electrons. The zero-order valence-electron chi connectivity index (χ0n) is 12.1. The Kier molecular flexibility index (Phi) is 4.96. The van der Waals surface area contributed by atoms with Crippen molar-refractivity contribution < 1.29 is 12.8 Å². The van der Waals surface area contributed by atoms with Crippen LogP contribution < -0.4 is 10.0 Å². The molecule has 9 heteroatoms. The highest BCUT2D eigenvalue weighted by Gasteiger charge is 2.20. The number of nitrogens with one attached hydrogen (secondary N) is 2. The van der Waals surface area contributed by atoms with Crippen LogP contribution in [0.3, 0.4) is 0 Å². The Hall–Kier alpha value is -1.45. The number of furan rings is 1. The van der Waals surface area contributed by atoms with E-state index in [2.05, 4.69) is 20.2 Å². The van der Waals surface area contributed by atoms with Crippen molar-refractivity contribution in [1.82, 2.24) is 15.5 Å². The number of nitrogens with zero attached hydrogens (tertiary/aromatic N) is 2. The SMILES string of the molecule is CCc1nnc(NS(=O)(=O)c2ccc(CNC(C)C)o2)s1. The van der Waals surface area contributed by atoms with Crippen molar-refractivity contribution in [3.05, 3.63) is 22.9 Å². The summed E-state index contributed by atoms with van der Waals surface area (Å²) in [4.78, 5) is 0. The molecule has 0 aliphatic carbocycles. The molecule has 2 rings (SSSR count). The molecule has 0 radical (unpaired) electrons. The molecular weight excluding hydrogens is 312 g/mol. The van der Waals surface area contributed by atoms with E-state index in [1.165, 1.54) is 17.4 Å². The average molecular weight is 330 g/mol. The lowest BCUT2D eigenvalue weighted by molar-refractivity contribution is 0.396. The van der Waals surface area contributed by atoms with Crippen molar-refractivity contribution >= 4 is 26.5 Å². The summed E-state index contributed by atoms with van der Waals surface area (Å²) in [7, 11) is -3.76. The van der Waals surface area contributed by atoms with Gasteiger partial charge in [0, 0.05) is 6.04 Å². The Labute approximate surface area is 127 Å². The van der Waals surface area contributed by atoms with E-state index in [4.69, 9.17) is 4.42 Å². The molecule has 0 fully saturated rings. The number of aryl methyl sites for hydroxylation is 1. The summed E-state index contributed by atoms with van der Waals surface area (Å²) in [5, 5.41) is 11.7. The highest BCUT2D eigenvalue weighted by Crippen LogP contribution is 2.21. The summed E-state index contributed by atoms with van der Waals surface area (Å²) in [6, 6.07) is 3.37. The lowest BCUT2D eigenvalue weighted by atomic mass is 10.3. The van der Waals surface area contributed by atoms with Gasteiger partial charge in [0.1, 0.15) is 10.8 Å². The zero-order valence-corrected chi connectivity index (χ0v) is 13.7. The van der Waals surface area contributed by atoms with E-state index in [0.717, 1.165) is 5.01 Å². The summed E-state index contributed by atoms with van der Waals surface area (Å²) in [5.41, 5.74) is 0.